The zero-order valence-corrected chi connectivity index (χ0v) is 9.96. The molecule has 0 bridgehead atoms. The van der Waals surface area contributed by atoms with E-state index in [9.17, 15) is 0 Å². The summed E-state index contributed by atoms with van der Waals surface area (Å²) >= 11 is 1.29. The zero-order valence-electron chi connectivity index (χ0n) is 9.14. The van der Waals surface area contributed by atoms with E-state index in [2.05, 4.69) is 15.3 Å². The minimum absolute atomic E-state index is 0.178. The van der Waals surface area contributed by atoms with Crippen LogP contribution in [0.1, 0.15) is 18.9 Å². The first-order valence-electron chi connectivity index (χ1n) is 5.24. The third-order valence-electron chi connectivity index (χ3n) is 2.55. The number of hydrogen-bond donors (Lipinski definition) is 1. The summed E-state index contributed by atoms with van der Waals surface area (Å²) in [5.41, 5.74) is 6.15. The Bertz CT molecular complexity index is 411. The highest BCUT2D eigenvalue weighted by Gasteiger charge is 2.21. The van der Waals surface area contributed by atoms with Gasteiger partial charge in [0.2, 0.25) is 0 Å². The summed E-state index contributed by atoms with van der Waals surface area (Å²) in [6.07, 6.45) is 1.14. The fourth-order valence-electron chi connectivity index (χ4n) is 1.79. The molecule has 0 amide bonds. The second-order valence-electron chi connectivity index (χ2n) is 3.84. The maximum absolute atomic E-state index is 9.03. The van der Waals surface area contributed by atoms with Crippen molar-refractivity contribution in [3.8, 4) is 6.07 Å². The largest absolute Gasteiger partial charge is 0.382 e. The van der Waals surface area contributed by atoms with Gasteiger partial charge in [0.1, 0.15) is 16.6 Å². The molecule has 2 N–H and O–H groups in total. The number of nitrogen functional groups attached to an aromatic ring is 1. The van der Waals surface area contributed by atoms with Gasteiger partial charge in [0.05, 0.1) is 6.10 Å². The Morgan fingerprint density at radius 3 is 3.25 bits per heavy atom. The Kier molecular flexibility index (Phi) is 3.27. The maximum atomic E-state index is 9.03. The Balaban J connectivity index is 2.25. The average molecular weight is 238 g/mol. The van der Waals surface area contributed by atoms with Crippen LogP contribution in [0.4, 0.5) is 10.8 Å². The summed E-state index contributed by atoms with van der Waals surface area (Å²) in [5.74, 6) is 0.334. The molecule has 1 aliphatic heterocycles. The lowest BCUT2D eigenvalue weighted by atomic mass is 10.3. The molecule has 0 saturated carbocycles. The van der Waals surface area contributed by atoms with Gasteiger partial charge < -0.3 is 15.4 Å². The van der Waals surface area contributed by atoms with Crippen LogP contribution in [-0.2, 0) is 4.74 Å². The monoisotopic (exact) mass is 238 g/mol. The summed E-state index contributed by atoms with van der Waals surface area (Å²) in [5, 5.41) is 9.91. The molecule has 6 heteroatoms. The van der Waals surface area contributed by atoms with Crippen molar-refractivity contribution in [3.05, 3.63) is 5.56 Å². The fourth-order valence-corrected chi connectivity index (χ4v) is 2.59. The fraction of sp³-hybridized carbons (Fsp3) is 0.600. The number of ether oxygens (including phenoxy) is 1. The van der Waals surface area contributed by atoms with Crippen LogP contribution >= 0.6 is 11.5 Å². The summed E-state index contributed by atoms with van der Waals surface area (Å²) in [6, 6.07) is 2.12. The van der Waals surface area contributed by atoms with Crippen molar-refractivity contribution in [1.29, 1.82) is 5.26 Å². The third-order valence-corrected chi connectivity index (χ3v) is 3.47. The van der Waals surface area contributed by atoms with Crippen LogP contribution < -0.4 is 10.6 Å². The van der Waals surface area contributed by atoms with Crippen molar-refractivity contribution in [1.82, 2.24) is 4.37 Å². The van der Waals surface area contributed by atoms with Crippen LogP contribution in [0.2, 0.25) is 0 Å². The zero-order chi connectivity index (χ0) is 11.5. The quantitative estimate of drug-likeness (QED) is 0.796. The standard InChI is InChI=1S/C10H14N4OS/c1-7-6-14(3-2-4-15-7)10-8(5-11)9(12)13-16-10/h7H,2-4,6H2,1H3,(H2,12,13). The van der Waals surface area contributed by atoms with Crippen LogP contribution in [0.5, 0.6) is 0 Å². The highest BCUT2D eigenvalue weighted by molar-refractivity contribution is 7.10. The van der Waals surface area contributed by atoms with Gasteiger partial charge >= 0.3 is 0 Å². The van der Waals surface area contributed by atoms with Crippen molar-refractivity contribution >= 4 is 22.4 Å². The van der Waals surface area contributed by atoms with Gasteiger partial charge in [0.25, 0.3) is 0 Å². The number of nitrogens with two attached hydrogens (primary N) is 1. The molecule has 2 heterocycles. The predicted molar refractivity (Wildman–Crippen MR) is 63.5 cm³/mol. The normalized spacial score (nSPS) is 21.5. The molecule has 0 aromatic carbocycles. The number of hydrogen-bond acceptors (Lipinski definition) is 6. The Hall–Kier alpha value is -1.32. The van der Waals surface area contributed by atoms with Crippen LogP contribution in [0.25, 0.3) is 0 Å². The van der Waals surface area contributed by atoms with E-state index in [4.69, 9.17) is 15.7 Å². The molecule has 1 fully saturated rings. The lowest BCUT2D eigenvalue weighted by Gasteiger charge is -2.22. The van der Waals surface area contributed by atoms with E-state index in [0.29, 0.717) is 11.4 Å². The minimum Gasteiger partial charge on any atom is -0.382 e. The molecule has 1 aromatic rings. The Morgan fingerprint density at radius 1 is 1.69 bits per heavy atom. The van der Waals surface area contributed by atoms with Crippen LogP contribution in [-0.4, -0.2) is 30.2 Å². The first-order chi connectivity index (χ1) is 7.72. The second kappa shape index (κ2) is 4.68. The third kappa shape index (κ3) is 2.10. The number of rotatable bonds is 1. The van der Waals surface area contributed by atoms with Gasteiger partial charge in [-0.1, -0.05) is 0 Å². The van der Waals surface area contributed by atoms with Crippen molar-refractivity contribution < 1.29 is 4.74 Å². The Labute approximate surface area is 98.6 Å². The number of nitriles is 1. The van der Waals surface area contributed by atoms with Gasteiger partial charge in [-0.2, -0.15) is 9.64 Å². The van der Waals surface area contributed by atoms with Crippen LogP contribution in [0.15, 0.2) is 0 Å². The topological polar surface area (TPSA) is 75.2 Å². The molecule has 5 nitrogen and oxygen atoms in total. The molecule has 1 unspecified atom stereocenters. The summed E-state index contributed by atoms with van der Waals surface area (Å²) in [4.78, 5) is 2.14. The molecule has 1 aliphatic rings. The van der Waals surface area contributed by atoms with E-state index in [1.165, 1.54) is 11.5 Å². The first-order valence-corrected chi connectivity index (χ1v) is 6.01. The second-order valence-corrected chi connectivity index (χ2v) is 4.59. The molecule has 2 rings (SSSR count). The van der Waals surface area contributed by atoms with Gasteiger partial charge in [0.15, 0.2) is 5.82 Å². The summed E-state index contributed by atoms with van der Waals surface area (Å²) in [7, 11) is 0. The summed E-state index contributed by atoms with van der Waals surface area (Å²) < 4.78 is 9.60. The number of anilines is 2. The molecule has 0 aliphatic carbocycles. The van der Waals surface area contributed by atoms with E-state index in [1.54, 1.807) is 0 Å². The SMILES string of the molecule is CC1CN(c2snc(N)c2C#N)CCCO1. The van der Waals surface area contributed by atoms with Crippen LogP contribution in [0, 0.1) is 11.3 Å². The van der Waals surface area contributed by atoms with E-state index in [1.807, 2.05) is 6.92 Å². The van der Waals surface area contributed by atoms with E-state index < -0.39 is 0 Å². The molecule has 1 saturated heterocycles. The van der Waals surface area contributed by atoms with Crippen LogP contribution in [0.3, 0.4) is 0 Å². The number of aromatic nitrogens is 1. The molecule has 86 valence electrons. The molecule has 16 heavy (non-hydrogen) atoms. The molecule has 1 aromatic heterocycles. The molecule has 0 radical (unpaired) electrons. The van der Waals surface area contributed by atoms with E-state index >= 15 is 0 Å². The highest BCUT2D eigenvalue weighted by Crippen LogP contribution is 2.30. The van der Waals surface area contributed by atoms with Crippen molar-refractivity contribution in [2.24, 2.45) is 0 Å². The smallest absolute Gasteiger partial charge is 0.157 e. The minimum atomic E-state index is 0.178. The molecular formula is C10H14N4OS. The molecule has 1 atom stereocenters. The molecule has 0 spiro atoms. The van der Waals surface area contributed by atoms with E-state index in [0.717, 1.165) is 31.1 Å². The van der Waals surface area contributed by atoms with E-state index in [-0.39, 0.29) is 6.10 Å². The predicted octanol–water partition coefficient (Wildman–Crippen LogP) is 1.21. The van der Waals surface area contributed by atoms with Gasteiger partial charge in [0, 0.05) is 19.7 Å². The van der Waals surface area contributed by atoms with Gasteiger partial charge in [-0.3, -0.25) is 0 Å². The Morgan fingerprint density at radius 2 is 2.50 bits per heavy atom. The lowest BCUT2D eigenvalue weighted by molar-refractivity contribution is 0.0821. The summed E-state index contributed by atoms with van der Waals surface area (Å²) in [6.45, 7) is 4.49. The van der Waals surface area contributed by atoms with Crippen molar-refractivity contribution in [2.75, 3.05) is 30.3 Å². The lowest BCUT2D eigenvalue weighted by Crippen LogP contribution is -2.29. The first kappa shape index (κ1) is 11.2. The van der Waals surface area contributed by atoms with Gasteiger partial charge in [-0.25, -0.2) is 0 Å². The van der Waals surface area contributed by atoms with Crippen molar-refractivity contribution in [3.63, 3.8) is 0 Å². The van der Waals surface area contributed by atoms with Gasteiger partial charge in [-0.15, -0.1) is 0 Å². The highest BCUT2D eigenvalue weighted by atomic mass is 32.1. The maximum Gasteiger partial charge on any atom is 0.157 e. The molecular weight excluding hydrogens is 224 g/mol. The number of nitrogens with zero attached hydrogens (tertiary/aromatic N) is 3. The van der Waals surface area contributed by atoms with Crippen molar-refractivity contribution in [2.45, 2.75) is 19.4 Å². The average Bonchev–Trinajstić information content (AvgIpc) is 2.49. The van der Waals surface area contributed by atoms with Gasteiger partial charge in [-0.05, 0) is 24.9 Å².